The lowest BCUT2D eigenvalue weighted by Crippen LogP contribution is -1.95. The lowest BCUT2D eigenvalue weighted by molar-refractivity contribution is 0.363. The van der Waals surface area contributed by atoms with Crippen molar-refractivity contribution in [2.45, 2.75) is 27.2 Å². The van der Waals surface area contributed by atoms with Crippen LogP contribution in [-0.4, -0.2) is 11.0 Å². The molecule has 0 saturated heterocycles. The summed E-state index contributed by atoms with van der Waals surface area (Å²) in [6.45, 7) is 6.06. The fourth-order valence-corrected chi connectivity index (χ4v) is 3.29. The lowest BCUT2D eigenvalue weighted by atomic mass is 10.0. The maximum absolute atomic E-state index is 10.8. The number of benzene rings is 3. The molecule has 0 heterocycles. The van der Waals surface area contributed by atoms with E-state index in [0.29, 0.717) is 16.8 Å². The van der Waals surface area contributed by atoms with Crippen molar-refractivity contribution in [3.8, 4) is 41.5 Å². The molecule has 5 nitrogen and oxygen atoms in total. The van der Waals surface area contributed by atoms with Crippen LogP contribution >= 0.6 is 11.6 Å². The van der Waals surface area contributed by atoms with Crippen LogP contribution in [0.1, 0.15) is 23.6 Å². The number of phenols is 1. The second-order valence-electron chi connectivity index (χ2n) is 7.11. The first kappa shape index (κ1) is 23.6. The van der Waals surface area contributed by atoms with E-state index >= 15 is 0 Å². The van der Waals surface area contributed by atoms with Crippen LogP contribution in [0, 0.1) is 49.6 Å². The minimum Gasteiger partial charge on any atom is -0.505 e. The first-order valence-electron chi connectivity index (χ1n) is 10.3. The quantitative estimate of drug-likeness (QED) is 0.195. The number of aryl methyl sites for hydroxylation is 3. The van der Waals surface area contributed by atoms with Crippen molar-refractivity contribution in [3.63, 3.8) is 0 Å². The summed E-state index contributed by atoms with van der Waals surface area (Å²) >= 11 is 5.42. The molecule has 0 aliphatic carbocycles. The van der Waals surface area contributed by atoms with E-state index in [0.717, 1.165) is 23.1 Å². The van der Waals surface area contributed by atoms with E-state index in [9.17, 15) is 5.11 Å². The molecule has 0 radical (unpaired) electrons. The summed E-state index contributed by atoms with van der Waals surface area (Å²) in [6, 6.07) is 13.3. The summed E-state index contributed by atoms with van der Waals surface area (Å²) in [4.78, 5) is 5.09. The third-order valence-corrected chi connectivity index (χ3v) is 5.00. The molecule has 3 aromatic rings. The smallest absolute Gasteiger partial charge is 0.160 e. The highest BCUT2D eigenvalue weighted by Gasteiger charge is 2.11. The third-order valence-electron chi connectivity index (χ3n) is 4.86. The van der Waals surface area contributed by atoms with Crippen LogP contribution in [-0.2, 0) is 11.3 Å². The Morgan fingerprint density at radius 1 is 0.970 bits per heavy atom. The zero-order valence-electron chi connectivity index (χ0n) is 18.6. The fraction of sp³-hybridized carbons (Fsp3) is 0.185. The number of phenolic OH excluding ortho intramolecular Hbond substituents is 1. The molecule has 0 amide bonds. The van der Waals surface area contributed by atoms with Crippen molar-refractivity contribution in [1.82, 2.24) is 0 Å². The molecular formula is C27H22ClN3O2. The predicted octanol–water partition coefficient (Wildman–Crippen LogP) is 6.69. The van der Waals surface area contributed by atoms with Gasteiger partial charge in [-0.2, -0.15) is 5.11 Å². The first-order valence-corrected chi connectivity index (χ1v) is 10.8. The fourth-order valence-electron chi connectivity index (χ4n) is 3.23. The average Bonchev–Trinajstić information content (AvgIpc) is 2.80. The van der Waals surface area contributed by atoms with Crippen LogP contribution in [0.25, 0.3) is 10.8 Å². The van der Waals surface area contributed by atoms with Crippen molar-refractivity contribution >= 4 is 39.4 Å². The molecule has 0 saturated carbocycles. The van der Waals surface area contributed by atoms with Gasteiger partial charge in [0.15, 0.2) is 11.9 Å². The number of hydrogen-bond donors (Lipinski definition) is 2. The highest BCUT2D eigenvalue weighted by molar-refractivity contribution is 6.19. The monoisotopic (exact) mass is 455 g/mol. The van der Waals surface area contributed by atoms with E-state index in [1.54, 1.807) is 12.1 Å². The number of rotatable bonds is 5. The third kappa shape index (κ3) is 6.20. The molecule has 0 unspecified atom stereocenters. The molecule has 0 aliphatic heterocycles. The molecule has 0 aliphatic rings. The van der Waals surface area contributed by atoms with Gasteiger partial charge in [-0.3, -0.25) is 0 Å². The number of halogens is 1. The Labute approximate surface area is 198 Å². The number of anilines is 1. The van der Waals surface area contributed by atoms with E-state index in [4.69, 9.17) is 16.4 Å². The number of fused-ring (bicyclic) bond motifs is 1. The molecule has 33 heavy (non-hydrogen) atoms. The molecule has 3 aromatic carbocycles. The summed E-state index contributed by atoms with van der Waals surface area (Å²) in [5.41, 5.74) is 7.85. The topological polar surface area (TPSA) is 66.2 Å². The van der Waals surface area contributed by atoms with Crippen molar-refractivity contribution < 1.29 is 9.94 Å². The van der Waals surface area contributed by atoms with Crippen LogP contribution in [0.5, 0.6) is 5.75 Å². The van der Waals surface area contributed by atoms with Gasteiger partial charge in [0.05, 0.1) is 17.3 Å². The van der Waals surface area contributed by atoms with Crippen LogP contribution in [0.3, 0.4) is 0 Å². The summed E-state index contributed by atoms with van der Waals surface area (Å²) in [5.74, 6) is 13.0. The average molecular weight is 456 g/mol. The maximum Gasteiger partial charge on any atom is 0.160 e. The first-order chi connectivity index (χ1) is 16.0. The van der Waals surface area contributed by atoms with Crippen molar-refractivity contribution in [3.05, 3.63) is 59.2 Å². The Morgan fingerprint density at radius 2 is 1.79 bits per heavy atom. The Bertz CT molecular complexity index is 1390. The van der Waals surface area contributed by atoms with Crippen molar-refractivity contribution in [1.29, 1.82) is 0 Å². The largest absolute Gasteiger partial charge is 0.505 e. The highest BCUT2D eigenvalue weighted by Crippen LogP contribution is 2.39. The van der Waals surface area contributed by atoms with E-state index in [2.05, 4.69) is 71.3 Å². The summed E-state index contributed by atoms with van der Waals surface area (Å²) in [7, 11) is 0. The van der Waals surface area contributed by atoms with Gasteiger partial charge in [-0.15, -0.1) is 16.7 Å². The molecule has 2 N–H and O–H groups in total. The second-order valence-corrected chi connectivity index (χ2v) is 7.37. The number of nitrogens with zero attached hydrogens (tertiary/aromatic N) is 2. The van der Waals surface area contributed by atoms with Crippen LogP contribution in [0.15, 0.2) is 52.7 Å². The molecule has 0 atom stereocenters. The van der Waals surface area contributed by atoms with Gasteiger partial charge in [0.1, 0.15) is 5.69 Å². The van der Waals surface area contributed by atoms with E-state index in [1.165, 1.54) is 11.1 Å². The van der Waals surface area contributed by atoms with Gasteiger partial charge >= 0.3 is 0 Å². The van der Waals surface area contributed by atoms with Crippen molar-refractivity contribution in [2.24, 2.45) is 10.2 Å². The molecule has 0 fully saturated rings. The van der Waals surface area contributed by atoms with Gasteiger partial charge in [0.25, 0.3) is 0 Å². The number of azo groups is 1. The van der Waals surface area contributed by atoms with Crippen LogP contribution < -0.4 is 5.48 Å². The van der Waals surface area contributed by atoms with E-state index in [-0.39, 0.29) is 11.6 Å². The molecule has 6 heteroatoms. The van der Waals surface area contributed by atoms with Gasteiger partial charge in [0.2, 0.25) is 0 Å². The van der Waals surface area contributed by atoms with Gasteiger partial charge in [-0.05, 0) is 90.6 Å². The Morgan fingerprint density at radius 3 is 2.55 bits per heavy atom. The van der Waals surface area contributed by atoms with Gasteiger partial charge in [0, 0.05) is 17.2 Å². The normalized spacial score (nSPS) is 9.94. The highest BCUT2D eigenvalue weighted by atomic mass is 35.5. The molecule has 0 bridgehead atoms. The summed E-state index contributed by atoms with van der Waals surface area (Å²) < 4.78 is 0. The SMILES string of the molecule is CCc1ccc(N=Nc2c(C)cc3cc(NOC#CC#CC#CCCl)ccc3c2O)cc1C. The van der Waals surface area contributed by atoms with Crippen molar-refractivity contribution in [2.75, 3.05) is 11.4 Å². The standard InChI is InChI=1S/C27H22ClN3O2/c1-4-21-10-11-23(17-19(21)2)29-30-26-20(3)16-22-18-24(12-13-25(22)27(26)32)31-33-15-9-7-5-6-8-14-28/h10-13,16-18,31-32H,4,14H2,1-3H3. The number of aromatic hydroxyl groups is 1. The zero-order valence-corrected chi connectivity index (χ0v) is 19.3. The number of nitrogens with one attached hydrogen (secondary N) is 1. The molecular weight excluding hydrogens is 434 g/mol. The second kappa shape index (κ2) is 11.5. The molecule has 3 rings (SSSR count). The molecule has 0 spiro atoms. The van der Waals surface area contributed by atoms with Crippen LogP contribution in [0.4, 0.5) is 17.1 Å². The summed E-state index contributed by atoms with van der Waals surface area (Å²) in [6.07, 6.45) is 3.39. The molecule has 0 aromatic heterocycles. The number of alkyl halides is 1. The Hall–Kier alpha value is -4.11. The Balaban J connectivity index is 1.78. The van der Waals surface area contributed by atoms with E-state index < -0.39 is 0 Å². The van der Waals surface area contributed by atoms with Crippen LogP contribution in [0.2, 0.25) is 0 Å². The van der Waals surface area contributed by atoms with E-state index in [1.807, 2.05) is 31.2 Å². The van der Waals surface area contributed by atoms with Gasteiger partial charge < -0.3 is 9.94 Å². The minimum absolute atomic E-state index is 0.0799. The number of hydrogen-bond acceptors (Lipinski definition) is 5. The summed E-state index contributed by atoms with van der Waals surface area (Å²) in [5, 5.41) is 21.0. The maximum atomic E-state index is 10.8. The molecule has 164 valence electrons. The minimum atomic E-state index is 0.0799. The lowest BCUT2D eigenvalue weighted by Gasteiger charge is -2.09. The van der Waals surface area contributed by atoms with Gasteiger partial charge in [-0.25, -0.2) is 5.48 Å². The van der Waals surface area contributed by atoms with Gasteiger partial charge in [-0.1, -0.05) is 18.9 Å². The zero-order chi connectivity index (χ0) is 23.6. The Kier molecular flexibility index (Phi) is 8.20. The predicted molar refractivity (Wildman–Crippen MR) is 134 cm³/mol.